The van der Waals surface area contributed by atoms with Crippen LogP contribution in [0.4, 0.5) is 11.4 Å². The minimum atomic E-state index is -0.476. The van der Waals surface area contributed by atoms with Crippen molar-refractivity contribution in [3.63, 3.8) is 0 Å². The number of hydrogen-bond donors (Lipinski definition) is 0. The topological polar surface area (TPSA) is 16.4 Å². The number of nitrogens with zero attached hydrogens (tertiary/aromatic N) is 1. The molecule has 14 rings (SSSR count). The van der Waals surface area contributed by atoms with Crippen LogP contribution in [0.15, 0.2) is 241 Å². The predicted octanol–water partition coefficient (Wildman–Crippen LogP) is 16.5. The molecule has 0 N–H and O–H groups in total. The maximum atomic E-state index is 7.12. The molecule has 0 radical (unpaired) electrons. The van der Waals surface area contributed by atoms with Gasteiger partial charge in [-0.25, -0.2) is 0 Å². The predicted molar refractivity (Wildman–Crippen MR) is 273 cm³/mol. The molecule has 4 aliphatic carbocycles. The Hall–Kier alpha value is -8.20. The van der Waals surface area contributed by atoms with Gasteiger partial charge < -0.3 is 9.32 Å². The second kappa shape index (κ2) is 13.9. The molecular weight excluding hydrogens is 799 g/mol. The lowest BCUT2D eigenvalue weighted by atomic mass is 9.66. The van der Waals surface area contributed by atoms with E-state index >= 15 is 0 Å². The fourth-order valence-electron chi connectivity index (χ4n) is 12.3. The van der Waals surface area contributed by atoms with E-state index in [9.17, 15) is 0 Å². The SMILES string of the molecule is C[C@@]12C=CC=CC1C(N(c1ccc(-c3ccccc3)cc1)c1cccc3c1-c1ccccc1C31c3ccccc3-c3ccccc31)=Cc1c2oc2cccc(-c3ccc4ccccc4c3)c12. The van der Waals surface area contributed by atoms with Gasteiger partial charge in [0.25, 0.3) is 0 Å². The fraction of sp³-hybridized carbons (Fsp3) is 0.0625. The normalized spacial score (nSPS) is 17.8. The van der Waals surface area contributed by atoms with Gasteiger partial charge in [0, 0.05) is 33.8 Å². The summed E-state index contributed by atoms with van der Waals surface area (Å²) in [6, 6.07) is 76.3. The van der Waals surface area contributed by atoms with Crippen LogP contribution >= 0.6 is 0 Å². The summed E-state index contributed by atoms with van der Waals surface area (Å²) in [5, 5.41) is 3.60. The monoisotopic (exact) mass is 841 g/mol. The smallest absolute Gasteiger partial charge is 0.135 e. The van der Waals surface area contributed by atoms with Crippen LogP contribution in [0, 0.1) is 5.92 Å². The Kier molecular flexibility index (Phi) is 7.83. The third kappa shape index (κ3) is 5.01. The third-order valence-corrected chi connectivity index (χ3v) is 15.1. The first kappa shape index (κ1) is 37.2. The number of hydrogen-bond acceptors (Lipinski definition) is 2. The van der Waals surface area contributed by atoms with E-state index in [1.807, 2.05) is 0 Å². The molecular formula is C64H43NO. The van der Waals surface area contributed by atoms with Gasteiger partial charge in [0.05, 0.1) is 16.5 Å². The molecule has 310 valence electrons. The summed E-state index contributed by atoms with van der Waals surface area (Å²) in [6.07, 6.45) is 11.6. The molecule has 1 aromatic heterocycles. The molecule has 1 heterocycles. The van der Waals surface area contributed by atoms with Crippen molar-refractivity contribution in [2.45, 2.75) is 17.8 Å². The molecule has 66 heavy (non-hydrogen) atoms. The maximum Gasteiger partial charge on any atom is 0.135 e. The minimum Gasteiger partial charge on any atom is -0.459 e. The molecule has 9 aromatic carbocycles. The number of fused-ring (bicyclic) bond motifs is 16. The van der Waals surface area contributed by atoms with Crippen molar-refractivity contribution >= 4 is 39.2 Å². The molecule has 2 atom stereocenters. The highest BCUT2D eigenvalue weighted by Crippen LogP contribution is 2.65. The van der Waals surface area contributed by atoms with E-state index in [1.165, 1.54) is 83.2 Å². The molecule has 4 aliphatic rings. The second-order valence-electron chi connectivity index (χ2n) is 18.5. The highest BCUT2D eigenvalue weighted by molar-refractivity contribution is 6.05. The van der Waals surface area contributed by atoms with Gasteiger partial charge in [-0.15, -0.1) is 0 Å². The Balaban J connectivity index is 1.06. The molecule has 0 saturated carbocycles. The standard InChI is InChI=1S/C64H43NO/c1-63-38-14-13-28-55(63)58(40-51-60-47(24-15-31-59(60)66-62(51)63)45-33-32-42-19-5-6-20-44(42)39-45)65(46-36-34-43(35-37-46)41-17-3-2-4-18-41)57-30-16-29-56-61(57)50-23-9-12-27-54(50)64(56)52-25-10-7-21-48(52)49-22-8-11-26-53(49)64/h2-40,55H,1H3/t55?,63-/m1/s1. The average Bonchev–Trinajstić information content (AvgIpc) is 4.02. The molecule has 1 unspecified atom stereocenters. The maximum absolute atomic E-state index is 7.12. The zero-order valence-corrected chi connectivity index (χ0v) is 36.4. The summed E-state index contributed by atoms with van der Waals surface area (Å²) in [5.41, 5.74) is 19.8. The van der Waals surface area contributed by atoms with Crippen molar-refractivity contribution in [3.8, 4) is 44.5 Å². The number of furan rings is 1. The van der Waals surface area contributed by atoms with E-state index in [2.05, 4.69) is 248 Å². The Morgan fingerprint density at radius 3 is 1.86 bits per heavy atom. The Morgan fingerprint density at radius 2 is 1.09 bits per heavy atom. The molecule has 0 bridgehead atoms. The number of rotatable bonds is 5. The molecule has 0 amide bonds. The van der Waals surface area contributed by atoms with E-state index in [-0.39, 0.29) is 5.92 Å². The molecule has 1 spiro atoms. The zero-order valence-electron chi connectivity index (χ0n) is 36.4. The van der Waals surface area contributed by atoms with Crippen LogP contribution in [0.25, 0.3) is 72.3 Å². The Labute approximate surface area is 384 Å². The van der Waals surface area contributed by atoms with Gasteiger partial charge in [-0.2, -0.15) is 0 Å². The van der Waals surface area contributed by atoms with Crippen LogP contribution in [0.2, 0.25) is 0 Å². The minimum absolute atomic E-state index is 0.0390. The van der Waals surface area contributed by atoms with Gasteiger partial charge in [-0.05, 0) is 115 Å². The van der Waals surface area contributed by atoms with Crippen LogP contribution in [-0.2, 0) is 10.8 Å². The summed E-state index contributed by atoms with van der Waals surface area (Å²) in [5.74, 6) is 0.962. The average molecular weight is 842 g/mol. The first-order chi connectivity index (χ1) is 32.6. The molecule has 2 nitrogen and oxygen atoms in total. The van der Waals surface area contributed by atoms with Gasteiger partial charge >= 0.3 is 0 Å². The van der Waals surface area contributed by atoms with E-state index in [0.29, 0.717) is 0 Å². The molecule has 10 aromatic rings. The number of allylic oxidation sites excluding steroid dienone is 4. The van der Waals surface area contributed by atoms with Gasteiger partial charge in [0.1, 0.15) is 11.3 Å². The van der Waals surface area contributed by atoms with Gasteiger partial charge in [-0.3, -0.25) is 0 Å². The van der Waals surface area contributed by atoms with Crippen LogP contribution < -0.4 is 4.90 Å². The summed E-state index contributed by atoms with van der Waals surface area (Å²) < 4.78 is 7.12. The van der Waals surface area contributed by atoms with Crippen LogP contribution in [-0.4, -0.2) is 0 Å². The first-order valence-corrected chi connectivity index (χ1v) is 23.1. The second-order valence-corrected chi connectivity index (χ2v) is 18.5. The quantitative estimate of drug-likeness (QED) is 0.172. The van der Waals surface area contributed by atoms with Gasteiger partial charge in [-0.1, -0.05) is 200 Å². The van der Waals surface area contributed by atoms with E-state index in [0.717, 1.165) is 33.7 Å². The summed E-state index contributed by atoms with van der Waals surface area (Å²) >= 11 is 0. The Morgan fingerprint density at radius 1 is 0.485 bits per heavy atom. The van der Waals surface area contributed by atoms with Crippen molar-refractivity contribution in [3.05, 3.63) is 270 Å². The number of anilines is 2. The largest absolute Gasteiger partial charge is 0.459 e. The highest BCUT2D eigenvalue weighted by Gasteiger charge is 2.53. The fourth-order valence-corrected chi connectivity index (χ4v) is 12.3. The van der Waals surface area contributed by atoms with Gasteiger partial charge in [0.2, 0.25) is 0 Å². The van der Waals surface area contributed by atoms with E-state index < -0.39 is 10.8 Å². The van der Waals surface area contributed by atoms with Crippen molar-refractivity contribution in [1.82, 2.24) is 0 Å². The summed E-state index contributed by atoms with van der Waals surface area (Å²) in [7, 11) is 0. The third-order valence-electron chi connectivity index (χ3n) is 15.1. The zero-order chi connectivity index (χ0) is 43.6. The summed E-state index contributed by atoms with van der Waals surface area (Å²) in [4.78, 5) is 2.59. The van der Waals surface area contributed by atoms with Gasteiger partial charge in [0.15, 0.2) is 0 Å². The van der Waals surface area contributed by atoms with Crippen molar-refractivity contribution < 1.29 is 4.42 Å². The lowest BCUT2D eigenvalue weighted by molar-refractivity contribution is 0.373. The lowest BCUT2D eigenvalue weighted by Gasteiger charge is -2.43. The van der Waals surface area contributed by atoms with Crippen molar-refractivity contribution in [1.29, 1.82) is 0 Å². The highest BCUT2D eigenvalue weighted by atomic mass is 16.3. The van der Waals surface area contributed by atoms with Crippen LogP contribution in [0.3, 0.4) is 0 Å². The van der Waals surface area contributed by atoms with Crippen LogP contribution in [0.1, 0.15) is 40.5 Å². The lowest BCUT2D eigenvalue weighted by Crippen LogP contribution is -2.39. The molecule has 0 aliphatic heterocycles. The Bertz CT molecular complexity index is 3690. The molecule has 0 fully saturated rings. The number of benzene rings is 9. The first-order valence-electron chi connectivity index (χ1n) is 23.1. The van der Waals surface area contributed by atoms with Crippen molar-refractivity contribution in [2.75, 3.05) is 4.90 Å². The van der Waals surface area contributed by atoms with Crippen molar-refractivity contribution in [2.24, 2.45) is 5.92 Å². The molecule has 0 saturated heterocycles. The van der Waals surface area contributed by atoms with Crippen LogP contribution in [0.5, 0.6) is 0 Å². The molecule has 2 heteroatoms. The van der Waals surface area contributed by atoms with E-state index in [1.54, 1.807) is 0 Å². The summed E-state index contributed by atoms with van der Waals surface area (Å²) in [6.45, 7) is 2.37. The van der Waals surface area contributed by atoms with E-state index in [4.69, 9.17) is 4.42 Å².